The van der Waals surface area contributed by atoms with Gasteiger partial charge in [-0.3, -0.25) is 0 Å². The molecule has 2 atom stereocenters. The molecule has 0 amide bonds. The van der Waals surface area contributed by atoms with Gasteiger partial charge in [-0.05, 0) is 19.9 Å². The van der Waals surface area contributed by atoms with Crippen molar-refractivity contribution < 1.29 is 0 Å². The third-order valence-corrected chi connectivity index (χ3v) is 4.68. The molecule has 0 spiro atoms. The summed E-state index contributed by atoms with van der Waals surface area (Å²) in [6.07, 6.45) is 1.17. The van der Waals surface area contributed by atoms with E-state index in [9.17, 15) is 0 Å². The molecule has 0 saturated heterocycles. The Morgan fingerprint density at radius 2 is 2.27 bits per heavy atom. The average Bonchev–Trinajstić information content (AvgIpc) is 2.60. The van der Waals surface area contributed by atoms with Gasteiger partial charge in [0.15, 0.2) is 0 Å². The molecule has 0 saturated carbocycles. The van der Waals surface area contributed by atoms with E-state index in [1.54, 1.807) is 11.3 Å². The summed E-state index contributed by atoms with van der Waals surface area (Å²) in [7, 11) is 0. The van der Waals surface area contributed by atoms with Gasteiger partial charge in [-0.15, -0.1) is 11.3 Å². The number of hydrogen-bond acceptors (Lipinski definition) is 4. The molecular weight excluding hydrogens is 224 g/mol. The number of rotatable bonds is 6. The van der Waals surface area contributed by atoms with Crippen LogP contribution in [-0.2, 0) is 0 Å². The van der Waals surface area contributed by atoms with E-state index in [2.05, 4.69) is 36.5 Å². The fourth-order valence-electron chi connectivity index (χ4n) is 1.53. The first-order valence-corrected chi connectivity index (χ1v) is 7.25. The normalized spacial score (nSPS) is 15.2. The molecular formula is C11H20N2S2. The van der Waals surface area contributed by atoms with Gasteiger partial charge in [0.1, 0.15) is 4.34 Å². The molecule has 1 N–H and O–H groups in total. The zero-order chi connectivity index (χ0) is 11.3. The van der Waals surface area contributed by atoms with Crippen molar-refractivity contribution in [2.24, 2.45) is 0 Å². The third-order valence-electron chi connectivity index (χ3n) is 2.36. The Morgan fingerprint density at radius 3 is 2.73 bits per heavy atom. The molecule has 0 bridgehead atoms. The zero-order valence-corrected chi connectivity index (χ0v) is 11.5. The Hall–Kier alpha value is -0.0600. The summed E-state index contributed by atoms with van der Waals surface area (Å²) < 4.78 is 1.19. The number of nitrogens with one attached hydrogen (secondary N) is 1. The second kappa shape index (κ2) is 6.51. The lowest BCUT2D eigenvalue weighted by molar-refractivity contribution is 0.509. The van der Waals surface area contributed by atoms with E-state index < -0.39 is 0 Å². The molecule has 2 nitrogen and oxygen atoms in total. The van der Waals surface area contributed by atoms with Gasteiger partial charge in [0, 0.05) is 22.4 Å². The summed E-state index contributed by atoms with van der Waals surface area (Å²) >= 11 is 3.63. The van der Waals surface area contributed by atoms with E-state index in [4.69, 9.17) is 0 Å². The topological polar surface area (TPSA) is 24.9 Å². The monoisotopic (exact) mass is 244 g/mol. The van der Waals surface area contributed by atoms with Crippen molar-refractivity contribution in [1.82, 2.24) is 10.3 Å². The average molecular weight is 244 g/mol. The molecule has 1 aromatic rings. The predicted octanol–water partition coefficient (Wildman–Crippen LogP) is 3.32. The summed E-state index contributed by atoms with van der Waals surface area (Å²) in [5.74, 6) is 0. The van der Waals surface area contributed by atoms with Crippen LogP contribution in [0.4, 0.5) is 0 Å². The fourth-order valence-corrected chi connectivity index (χ4v) is 3.84. The Morgan fingerprint density at radius 1 is 1.53 bits per heavy atom. The SMILES string of the molecule is CCNC(CC)C(C)Sc1nc(C)cs1. The molecule has 0 aliphatic carbocycles. The van der Waals surface area contributed by atoms with Crippen molar-refractivity contribution in [3.63, 3.8) is 0 Å². The highest BCUT2D eigenvalue weighted by atomic mass is 32.2. The maximum Gasteiger partial charge on any atom is 0.150 e. The van der Waals surface area contributed by atoms with Crippen molar-refractivity contribution in [3.05, 3.63) is 11.1 Å². The number of thioether (sulfide) groups is 1. The van der Waals surface area contributed by atoms with Crippen LogP contribution in [0.25, 0.3) is 0 Å². The van der Waals surface area contributed by atoms with E-state index in [1.807, 2.05) is 18.7 Å². The molecule has 15 heavy (non-hydrogen) atoms. The number of nitrogens with zero attached hydrogens (tertiary/aromatic N) is 1. The zero-order valence-electron chi connectivity index (χ0n) is 9.91. The number of aromatic nitrogens is 1. The Kier molecular flexibility index (Phi) is 5.64. The van der Waals surface area contributed by atoms with Crippen LogP contribution in [0.5, 0.6) is 0 Å². The molecule has 0 aliphatic heterocycles. The van der Waals surface area contributed by atoms with Crippen LogP contribution in [0, 0.1) is 6.92 Å². The second-order valence-corrected chi connectivity index (χ2v) is 6.13. The maximum atomic E-state index is 4.48. The van der Waals surface area contributed by atoms with Crippen LogP contribution < -0.4 is 5.32 Å². The van der Waals surface area contributed by atoms with Crippen LogP contribution in [0.3, 0.4) is 0 Å². The first-order valence-electron chi connectivity index (χ1n) is 5.49. The molecule has 0 radical (unpaired) electrons. The molecule has 4 heteroatoms. The smallest absolute Gasteiger partial charge is 0.150 e. The number of thiazole rings is 1. The first kappa shape index (κ1) is 13.0. The molecule has 1 rings (SSSR count). The lowest BCUT2D eigenvalue weighted by Gasteiger charge is -2.21. The van der Waals surface area contributed by atoms with Crippen LogP contribution in [0.2, 0.25) is 0 Å². The minimum absolute atomic E-state index is 0.584. The Labute approximate surface area is 101 Å². The lowest BCUT2D eigenvalue weighted by Crippen LogP contribution is -2.35. The van der Waals surface area contributed by atoms with Gasteiger partial charge in [0.2, 0.25) is 0 Å². The molecule has 86 valence electrons. The van der Waals surface area contributed by atoms with E-state index >= 15 is 0 Å². The highest BCUT2D eigenvalue weighted by Crippen LogP contribution is 2.28. The van der Waals surface area contributed by atoms with Crippen LogP contribution >= 0.6 is 23.1 Å². The maximum absolute atomic E-state index is 4.48. The molecule has 0 aromatic carbocycles. The number of hydrogen-bond donors (Lipinski definition) is 1. The van der Waals surface area contributed by atoms with Crippen molar-refractivity contribution in [2.45, 2.75) is 49.7 Å². The highest BCUT2D eigenvalue weighted by Gasteiger charge is 2.16. The standard InChI is InChI=1S/C11H20N2S2/c1-5-10(12-6-2)9(4)15-11-13-8(3)7-14-11/h7,9-10,12H,5-6H2,1-4H3. The van der Waals surface area contributed by atoms with Gasteiger partial charge < -0.3 is 5.32 Å². The minimum Gasteiger partial charge on any atom is -0.313 e. The van der Waals surface area contributed by atoms with E-state index in [0.29, 0.717) is 11.3 Å². The van der Waals surface area contributed by atoms with Gasteiger partial charge in [0.25, 0.3) is 0 Å². The summed E-state index contributed by atoms with van der Waals surface area (Å²) in [5, 5.41) is 6.21. The van der Waals surface area contributed by atoms with Crippen molar-refractivity contribution in [1.29, 1.82) is 0 Å². The summed E-state index contributed by atoms with van der Waals surface area (Å²) in [4.78, 5) is 4.48. The Balaban J connectivity index is 2.49. The largest absolute Gasteiger partial charge is 0.313 e. The molecule has 0 aliphatic rings. The minimum atomic E-state index is 0.584. The molecule has 1 heterocycles. The fraction of sp³-hybridized carbons (Fsp3) is 0.727. The summed E-state index contributed by atoms with van der Waals surface area (Å²) in [6, 6.07) is 0.587. The lowest BCUT2D eigenvalue weighted by atomic mass is 10.2. The van der Waals surface area contributed by atoms with Gasteiger partial charge >= 0.3 is 0 Å². The first-order chi connectivity index (χ1) is 7.17. The van der Waals surface area contributed by atoms with Gasteiger partial charge in [-0.25, -0.2) is 4.98 Å². The summed E-state index contributed by atoms with van der Waals surface area (Å²) in [5.41, 5.74) is 1.13. The van der Waals surface area contributed by atoms with Crippen LogP contribution in [0.15, 0.2) is 9.72 Å². The van der Waals surface area contributed by atoms with Crippen molar-refractivity contribution in [2.75, 3.05) is 6.54 Å². The van der Waals surface area contributed by atoms with E-state index in [1.165, 1.54) is 10.8 Å². The van der Waals surface area contributed by atoms with Gasteiger partial charge in [-0.2, -0.15) is 0 Å². The van der Waals surface area contributed by atoms with Gasteiger partial charge in [0.05, 0.1) is 0 Å². The quantitative estimate of drug-likeness (QED) is 0.777. The Bertz CT molecular complexity index is 286. The second-order valence-electron chi connectivity index (χ2n) is 3.65. The van der Waals surface area contributed by atoms with E-state index in [0.717, 1.165) is 12.2 Å². The van der Waals surface area contributed by atoms with Crippen molar-refractivity contribution in [3.8, 4) is 0 Å². The highest BCUT2D eigenvalue weighted by molar-refractivity contribution is 8.01. The molecule has 0 fully saturated rings. The summed E-state index contributed by atoms with van der Waals surface area (Å²) in [6.45, 7) is 9.76. The van der Waals surface area contributed by atoms with Crippen LogP contribution in [-0.4, -0.2) is 22.8 Å². The van der Waals surface area contributed by atoms with Crippen molar-refractivity contribution >= 4 is 23.1 Å². The molecule has 1 aromatic heterocycles. The molecule has 2 unspecified atom stereocenters. The third kappa shape index (κ3) is 4.13. The van der Waals surface area contributed by atoms with Gasteiger partial charge in [-0.1, -0.05) is 32.5 Å². The number of aryl methyl sites for hydroxylation is 1. The van der Waals surface area contributed by atoms with Crippen LogP contribution in [0.1, 0.15) is 32.9 Å². The van der Waals surface area contributed by atoms with E-state index in [-0.39, 0.29) is 0 Å². The predicted molar refractivity (Wildman–Crippen MR) is 69.9 cm³/mol.